The molecule has 1 aliphatic heterocycles. The van der Waals surface area contributed by atoms with Gasteiger partial charge in [0.05, 0.1) is 12.8 Å². The summed E-state index contributed by atoms with van der Waals surface area (Å²) in [5.74, 6) is 2.78. The number of carbonyl (C=O) groups is 1. The van der Waals surface area contributed by atoms with Gasteiger partial charge in [-0.25, -0.2) is 9.48 Å². The molecule has 2 amide bonds. The van der Waals surface area contributed by atoms with Gasteiger partial charge in [0, 0.05) is 31.7 Å². The van der Waals surface area contributed by atoms with Crippen LogP contribution in [-0.4, -0.2) is 35.6 Å². The van der Waals surface area contributed by atoms with Crippen molar-refractivity contribution < 1.29 is 9.53 Å². The Hall–Kier alpha value is -1.56. The molecule has 1 aliphatic rings. The molecule has 0 aromatic carbocycles. The van der Waals surface area contributed by atoms with Crippen molar-refractivity contribution in [2.24, 2.45) is 23.7 Å². The van der Waals surface area contributed by atoms with Crippen molar-refractivity contribution in [2.45, 2.75) is 40.7 Å². The zero-order chi connectivity index (χ0) is 16.8. The summed E-state index contributed by atoms with van der Waals surface area (Å²) in [6.45, 7) is 11.9. The zero-order valence-electron chi connectivity index (χ0n) is 14.7. The smallest absolute Gasteiger partial charge is 0.320 e. The number of hydrogen-bond acceptors (Lipinski definition) is 3. The number of urea groups is 1. The Balaban J connectivity index is 1.84. The van der Waals surface area contributed by atoms with Crippen LogP contribution in [0.3, 0.4) is 0 Å². The molecule has 0 aliphatic carbocycles. The number of nitrogens with one attached hydrogen (secondary N) is 2. The molecule has 1 unspecified atom stereocenters. The van der Waals surface area contributed by atoms with Gasteiger partial charge in [0.2, 0.25) is 0 Å². The van der Waals surface area contributed by atoms with Gasteiger partial charge in [-0.05, 0) is 24.2 Å². The van der Waals surface area contributed by atoms with Crippen LogP contribution in [-0.2, 0) is 11.3 Å². The molecule has 1 saturated heterocycles. The summed E-state index contributed by atoms with van der Waals surface area (Å²) < 4.78 is 7.24. The van der Waals surface area contributed by atoms with Crippen LogP contribution in [0.15, 0.2) is 12.3 Å². The highest BCUT2D eigenvalue weighted by molar-refractivity contribution is 5.88. The molecule has 1 aromatic heterocycles. The molecule has 2 N–H and O–H groups in total. The van der Waals surface area contributed by atoms with Gasteiger partial charge in [-0.2, -0.15) is 5.10 Å². The van der Waals surface area contributed by atoms with Crippen molar-refractivity contribution >= 4 is 11.8 Å². The summed E-state index contributed by atoms with van der Waals surface area (Å²) in [6.07, 6.45) is 2.77. The Morgan fingerprint density at radius 3 is 2.74 bits per heavy atom. The Labute approximate surface area is 139 Å². The van der Waals surface area contributed by atoms with Crippen LogP contribution in [0, 0.1) is 23.7 Å². The number of hydrogen-bond donors (Lipinski definition) is 2. The first-order valence-corrected chi connectivity index (χ1v) is 8.61. The highest BCUT2D eigenvalue weighted by Crippen LogP contribution is 2.20. The molecule has 0 bridgehead atoms. The Morgan fingerprint density at radius 2 is 2.13 bits per heavy atom. The highest BCUT2D eigenvalue weighted by Gasteiger charge is 2.20. The molecule has 6 heteroatoms. The average molecular weight is 322 g/mol. The largest absolute Gasteiger partial charge is 0.381 e. The third-order valence-corrected chi connectivity index (χ3v) is 4.62. The molecule has 0 saturated carbocycles. The van der Waals surface area contributed by atoms with Gasteiger partial charge in [-0.1, -0.05) is 27.7 Å². The van der Waals surface area contributed by atoms with E-state index in [0.717, 1.165) is 32.0 Å². The van der Waals surface area contributed by atoms with Crippen molar-refractivity contribution in [1.82, 2.24) is 15.1 Å². The third kappa shape index (κ3) is 5.23. The molecule has 23 heavy (non-hydrogen) atoms. The number of nitrogens with zero attached hydrogens (tertiary/aromatic N) is 2. The summed E-state index contributed by atoms with van der Waals surface area (Å²) in [4.78, 5) is 12.2. The van der Waals surface area contributed by atoms with Crippen LogP contribution in [0.4, 0.5) is 10.6 Å². The molecular formula is C17H30N4O2. The molecule has 1 fully saturated rings. The maximum Gasteiger partial charge on any atom is 0.320 e. The van der Waals surface area contributed by atoms with Crippen LogP contribution < -0.4 is 10.6 Å². The minimum absolute atomic E-state index is 0.166. The summed E-state index contributed by atoms with van der Waals surface area (Å²) in [5.41, 5.74) is 0. The van der Waals surface area contributed by atoms with Crippen molar-refractivity contribution in [2.75, 3.05) is 25.1 Å². The van der Waals surface area contributed by atoms with Crippen molar-refractivity contribution in [1.29, 1.82) is 0 Å². The van der Waals surface area contributed by atoms with Gasteiger partial charge in [-0.15, -0.1) is 0 Å². The van der Waals surface area contributed by atoms with Gasteiger partial charge >= 0.3 is 6.03 Å². The Kier molecular flexibility index (Phi) is 6.45. The van der Waals surface area contributed by atoms with Crippen LogP contribution in [0.5, 0.6) is 0 Å². The summed E-state index contributed by atoms with van der Waals surface area (Å²) in [6, 6.07) is 1.67. The van der Waals surface area contributed by atoms with Crippen LogP contribution in [0.1, 0.15) is 34.1 Å². The Morgan fingerprint density at radius 1 is 1.39 bits per heavy atom. The SMILES string of the molecule is CC(C)C(CNC(=O)Nc1ccnn1CC1CCOC1)C(C)C. The fourth-order valence-corrected chi connectivity index (χ4v) is 3.17. The lowest BCUT2D eigenvalue weighted by atomic mass is 9.85. The number of aromatic nitrogens is 2. The van der Waals surface area contributed by atoms with Gasteiger partial charge in [0.1, 0.15) is 5.82 Å². The number of anilines is 1. The van der Waals surface area contributed by atoms with E-state index in [1.54, 1.807) is 6.20 Å². The lowest BCUT2D eigenvalue weighted by molar-refractivity contribution is 0.181. The van der Waals surface area contributed by atoms with Crippen LogP contribution in [0.25, 0.3) is 0 Å². The fraction of sp³-hybridized carbons (Fsp3) is 0.765. The van der Waals surface area contributed by atoms with E-state index in [0.29, 0.717) is 30.2 Å². The first-order chi connectivity index (χ1) is 11.0. The predicted octanol–water partition coefficient (Wildman–Crippen LogP) is 2.97. The quantitative estimate of drug-likeness (QED) is 0.811. The average Bonchev–Trinajstić information content (AvgIpc) is 3.11. The van der Waals surface area contributed by atoms with Gasteiger partial charge in [0.25, 0.3) is 0 Å². The standard InChI is InChI=1S/C17H30N4O2/c1-12(2)15(13(3)4)9-18-17(22)20-16-5-7-19-21(16)10-14-6-8-23-11-14/h5,7,12-15H,6,8-11H2,1-4H3,(H2,18,20,22). The fourth-order valence-electron chi connectivity index (χ4n) is 3.17. The number of rotatable bonds is 7. The zero-order valence-corrected chi connectivity index (χ0v) is 14.7. The van der Waals surface area contributed by atoms with E-state index < -0.39 is 0 Å². The van der Waals surface area contributed by atoms with Gasteiger partial charge in [0.15, 0.2) is 0 Å². The molecule has 2 heterocycles. The van der Waals surface area contributed by atoms with Crippen molar-refractivity contribution in [3.8, 4) is 0 Å². The lowest BCUT2D eigenvalue weighted by Gasteiger charge is -2.25. The molecule has 0 spiro atoms. The topological polar surface area (TPSA) is 68.2 Å². The second-order valence-corrected chi connectivity index (χ2v) is 7.12. The van der Waals surface area contributed by atoms with E-state index in [1.807, 2.05) is 10.7 Å². The van der Waals surface area contributed by atoms with Crippen LogP contribution >= 0.6 is 0 Å². The number of carbonyl (C=O) groups excluding carboxylic acids is 1. The second kappa shape index (κ2) is 8.34. The van der Waals surface area contributed by atoms with Crippen LogP contribution in [0.2, 0.25) is 0 Å². The monoisotopic (exact) mass is 322 g/mol. The highest BCUT2D eigenvalue weighted by atomic mass is 16.5. The predicted molar refractivity (Wildman–Crippen MR) is 91.3 cm³/mol. The normalized spacial score (nSPS) is 18.1. The van der Waals surface area contributed by atoms with Crippen molar-refractivity contribution in [3.63, 3.8) is 0 Å². The molecule has 1 atom stereocenters. The molecule has 2 rings (SSSR count). The van der Waals surface area contributed by atoms with E-state index >= 15 is 0 Å². The molecule has 6 nitrogen and oxygen atoms in total. The summed E-state index contributed by atoms with van der Waals surface area (Å²) >= 11 is 0. The maximum absolute atomic E-state index is 12.2. The minimum atomic E-state index is -0.166. The Bertz CT molecular complexity index is 485. The van der Waals surface area contributed by atoms with E-state index in [9.17, 15) is 4.79 Å². The lowest BCUT2D eigenvalue weighted by Crippen LogP contribution is -2.37. The van der Waals surface area contributed by atoms with E-state index in [2.05, 4.69) is 43.4 Å². The third-order valence-electron chi connectivity index (χ3n) is 4.62. The first-order valence-electron chi connectivity index (χ1n) is 8.61. The van der Waals surface area contributed by atoms with Gasteiger partial charge in [-0.3, -0.25) is 5.32 Å². The van der Waals surface area contributed by atoms with E-state index in [1.165, 1.54) is 0 Å². The first kappa shape index (κ1) is 17.8. The molecular weight excluding hydrogens is 292 g/mol. The number of amides is 2. The molecule has 1 aromatic rings. The molecule has 0 radical (unpaired) electrons. The summed E-state index contributed by atoms with van der Waals surface area (Å²) in [5, 5.41) is 10.2. The van der Waals surface area contributed by atoms with Gasteiger partial charge < -0.3 is 10.1 Å². The minimum Gasteiger partial charge on any atom is -0.381 e. The van der Waals surface area contributed by atoms with E-state index in [4.69, 9.17) is 4.74 Å². The molecule has 130 valence electrons. The van der Waals surface area contributed by atoms with E-state index in [-0.39, 0.29) is 6.03 Å². The number of ether oxygens (including phenoxy) is 1. The second-order valence-electron chi connectivity index (χ2n) is 7.12. The summed E-state index contributed by atoms with van der Waals surface area (Å²) in [7, 11) is 0. The maximum atomic E-state index is 12.2. The van der Waals surface area contributed by atoms with Crippen molar-refractivity contribution in [3.05, 3.63) is 12.3 Å².